The minimum atomic E-state index is -1.03. The number of likely N-dealkylation sites (tertiary alicyclic amines) is 1. The number of imide groups is 1. The van der Waals surface area contributed by atoms with E-state index in [1.165, 1.54) is 29.6 Å². The molecule has 4 heterocycles. The van der Waals surface area contributed by atoms with Gasteiger partial charge in [0, 0.05) is 47.2 Å². The van der Waals surface area contributed by atoms with Crippen LogP contribution in [0.5, 0.6) is 0 Å². The molecule has 2 aliphatic heterocycles. The molecule has 296 valence electrons. The standard InChI is InChI=1S/C46H46FN7O4/c1-28-38(23-36(47)24-40(28)51-44(56)33-8-12-35(13-9-33)46(2,3)58)43-41-22-34(26-54(41)49-27-48-43)31-6-4-29(5-7-31)25-53-20-18-32(19-21-53)30-10-14-37(15-11-30)50-39-16-17-42(55)52-45(39)57/h4-15,22-24,26-27,32,39,50,58H,16-21,25H2,1-3H3,(H,51,56)(H,52,55,57). The van der Waals surface area contributed by atoms with Gasteiger partial charge in [0.2, 0.25) is 11.8 Å². The number of fused-ring (bicyclic) bond motifs is 1. The highest BCUT2D eigenvalue weighted by Crippen LogP contribution is 2.35. The van der Waals surface area contributed by atoms with Crippen molar-refractivity contribution >= 4 is 34.6 Å². The third kappa shape index (κ3) is 8.39. The Bertz CT molecular complexity index is 2480. The fourth-order valence-electron chi connectivity index (χ4n) is 7.94. The number of anilines is 2. The van der Waals surface area contributed by atoms with Crippen molar-refractivity contribution in [3.05, 3.63) is 137 Å². The first-order chi connectivity index (χ1) is 27.9. The van der Waals surface area contributed by atoms with E-state index in [1.807, 2.05) is 31.3 Å². The Kier molecular flexibility index (Phi) is 10.6. The minimum Gasteiger partial charge on any atom is -0.386 e. The average molecular weight is 780 g/mol. The van der Waals surface area contributed by atoms with Gasteiger partial charge in [-0.15, -0.1) is 0 Å². The second kappa shape index (κ2) is 16.0. The highest BCUT2D eigenvalue weighted by molar-refractivity contribution is 6.05. The number of halogens is 1. The van der Waals surface area contributed by atoms with Gasteiger partial charge in [-0.1, -0.05) is 48.5 Å². The number of amides is 3. The van der Waals surface area contributed by atoms with Crippen LogP contribution in [0.15, 0.2) is 104 Å². The lowest BCUT2D eigenvalue weighted by Gasteiger charge is -2.32. The maximum absolute atomic E-state index is 15.1. The van der Waals surface area contributed by atoms with Gasteiger partial charge in [-0.05, 0) is 129 Å². The lowest BCUT2D eigenvalue weighted by atomic mass is 9.89. The second-order valence-corrected chi connectivity index (χ2v) is 15.9. The van der Waals surface area contributed by atoms with Crippen molar-refractivity contribution in [1.29, 1.82) is 0 Å². The summed E-state index contributed by atoms with van der Waals surface area (Å²) in [5, 5.41) is 23.2. The molecule has 0 spiro atoms. The molecular weight excluding hydrogens is 734 g/mol. The zero-order valence-electron chi connectivity index (χ0n) is 32.8. The fraction of sp³-hybridized carbons (Fsp3) is 0.283. The van der Waals surface area contributed by atoms with E-state index in [0.29, 0.717) is 57.9 Å². The van der Waals surface area contributed by atoms with Crippen LogP contribution in [0.25, 0.3) is 27.9 Å². The summed E-state index contributed by atoms with van der Waals surface area (Å²) in [6, 6.07) is 27.9. The van der Waals surface area contributed by atoms with Crippen LogP contribution in [-0.2, 0) is 21.7 Å². The Morgan fingerprint density at radius 2 is 1.66 bits per heavy atom. The Labute approximate surface area is 336 Å². The third-order valence-corrected chi connectivity index (χ3v) is 11.4. The molecule has 0 aliphatic carbocycles. The van der Waals surface area contributed by atoms with Crippen molar-refractivity contribution in [2.45, 2.75) is 70.6 Å². The zero-order valence-corrected chi connectivity index (χ0v) is 32.8. The lowest BCUT2D eigenvalue weighted by Crippen LogP contribution is -2.47. The van der Waals surface area contributed by atoms with Gasteiger partial charge in [0.25, 0.3) is 5.91 Å². The Morgan fingerprint density at radius 3 is 2.34 bits per heavy atom. The van der Waals surface area contributed by atoms with Gasteiger partial charge < -0.3 is 15.7 Å². The van der Waals surface area contributed by atoms with Crippen molar-refractivity contribution in [3.8, 4) is 22.4 Å². The van der Waals surface area contributed by atoms with Gasteiger partial charge >= 0.3 is 0 Å². The Morgan fingerprint density at radius 1 is 0.931 bits per heavy atom. The first-order valence-electron chi connectivity index (χ1n) is 19.7. The monoisotopic (exact) mass is 779 g/mol. The predicted molar refractivity (Wildman–Crippen MR) is 222 cm³/mol. The number of carbonyl (C=O) groups is 3. The molecular formula is C46H46FN7O4. The number of rotatable bonds is 10. The molecule has 11 nitrogen and oxygen atoms in total. The van der Waals surface area contributed by atoms with E-state index in [0.717, 1.165) is 49.3 Å². The highest BCUT2D eigenvalue weighted by atomic mass is 19.1. The molecule has 0 radical (unpaired) electrons. The number of benzene rings is 4. The molecule has 2 saturated heterocycles. The minimum absolute atomic E-state index is 0.215. The molecule has 3 amide bonds. The SMILES string of the molecule is Cc1c(NC(=O)c2ccc(C(C)(C)O)cc2)cc(F)cc1-c1ncnn2cc(-c3ccc(CN4CCC(c5ccc(NC6CCC(=O)NC6=O)cc5)CC4)cc3)cc12. The zero-order chi connectivity index (χ0) is 40.6. The maximum Gasteiger partial charge on any atom is 0.255 e. The summed E-state index contributed by atoms with van der Waals surface area (Å²) in [5.74, 6) is -0.904. The topological polar surface area (TPSA) is 141 Å². The highest BCUT2D eigenvalue weighted by Gasteiger charge is 2.27. The van der Waals surface area contributed by atoms with E-state index in [2.05, 4.69) is 67.3 Å². The summed E-state index contributed by atoms with van der Waals surface area (Å²) < 4.78 is 16.9. The molecule has 4 aromatic carbocycles. The summed E-state index contributed by atoms with van der Waals surface area (Å²) in [6.07, 6.45) is 6.36. The smallest absolute Gasteiger partial charge is 0.255 e. The second-order valence-electron chi connectivity index (χ2n) is 15.9. The number of hydrogen-bond donors (Lipinski definition) is 4. The number of aliphatic hydroxyl groups is 1. The average Bonchev–Trinajstić information content (AvgIpc) is 3.66. The number of nitrogens with one attached hydrogen (secondary N) is 3. The largest absolute Gasteiger partial charge is 0.386 e. The summed E-state index contributed by atoms with van der Waals surface area (Å²) in [6.45, 7) is 8.04. The maximum atomic E-state index is 15.1. The molecule has 2 aromatic heterocycles. The van der Waals surface area contributed by atoms with E-state index < -0.39 is 23.4 Å². The molecule has 4 N–H and O–H groups in total. The summed E-state index contributed by atoms with van der Waals surface area (Å²) in [7, 11) is 0. The summed E-state index contributed by atoms with van der Waals surface area (Å²) >= 11 is 0. The normalized spacial score (nSPS) is 16.7. The molecule has 8 rings (SSSR count). The van der Waals surface area contributed by atoms with Gasteiger partial charge in [-0.25, -0.2) is 13.9 Å². The lowest BCUT2D eigenvalue weighted by molar-refractivity contribution is -0.133. The van der Waals surface area contributed by atoms with E-state index >= 15 is 4.39 Å². The van der Waals surface area contributed by atoms with Crippen LogP contribution in [0.1, 0.15) is 78.1 Å². The van der Waals surface area contributed by atoms with Crippen LogP contribution < -0.4 is 16.0 Å². The number of piperidine rings is 2. The summed E-state index contributed by atoms with van der Waals surface area (Å²) in [5.41, 5.74) is 8.21. The predicted octanol–water partition coefficient (Wildman–Crippen LogP) is 7.59. The first kappa shape index (κ1) is 38.6. The van der Waals surface area contributed by atoms with Crippen molar-refractivity contribution < 1.29 is 23.9 Å². The van der Waals surface area contributed by atoms with E-state index in [1.54, 1.807) is 42.6 Å². The van der Waals surface area contributed by atoms with Crippen LogP contribution in [0.2, 0.25) is 0 Å². The van der Waals surface area contributed by atoms with Gasteiger partial charge in [0.05, 0.1) is 16.8 Å². The quantitative estimate of drug-likeness (QED) is 0.104. The van der Waals surface area contributed by atoms with Crippen LogP contribution in [-0.4, -0.2) is 61.5 Å². The molecule has 12 heteroatoms. The van der Waals surface area contributed by atoms with Crippen LogP contribution >= 0.6 is 0 Å². The Balaban J connectivity index is 0.904. The van der Waals surface area contributed by atoms with Gasteiger partial charge in [-0.3, -0.25) is 24.6 Å². The van der Waals surface area contributed by atoms with E-state index in [-0.39, 0.29) is 11.8 Å². The van der Waals surface area contributed by atoms with Crippen molar-refractivity contribution in [3.63, 3.8) is 0 Å². The number of aromatic nitrogens is 3. The molecule has 58 heavy (non-hydrogen) atoms. The Hall–Kier alpha value is -6.24. The molecule has 2 fully saturated rings. The third-order valence-electron chi connectivity index (χ3n) is 11.4. The van der Waals surface area contributed by atoms with Crippen molar-refractivity contribution in [2.75, 3.05) is 23.7 Å². The summed E-state index contributed by atoms with van der Waals surface area (Å²) in [4.78, 5) is 43.8. The van der Waals surface area contributed by atoms with Crippen LogP contribution in [0, 0.1) is 12.7 Å². The molecule has 0 bridgehead atoms. The van der Waals surface area contributed by atoms with E-state index in [9.17, 15) is 19.5 Å². The number of nitrogens with zero attached hydrogens (tertiary/aromatic N) is 4. The van der Waals surface area contributed by atoms with Gasteiger partial charge in [0.1, 0.15) is 18.2 Å². The molecule has 0 saturated carbocycles. The number of carbonyl (C=O) groups excluding carboxylic acids is 3. The van der Waals surface area contributed by atoms with Crippen molar-refractivity contribution in [1.82, 2.24) is 24.8 Å². The first-order valence-corrected chi connectivity index (χ1v) is 19.7. The molecule has 2 aliphatic rings. The molecule has 1 unspecified atom stereocenters. The van der Waals surface area contributed by atoms with Crippen LogP contribution in [0.3, 0.4) is 0 Å². The van der Waals surface area contributed by atoms with Crippen LogP contribution in [0.4, 0.5) is 15.8 Å². The van der Waals surface area contributed by atoms with Gasteiger partial charge in [0.15, 0.2) is 0 Å². The number of hydrogen-bond acceptors (Lipinski definition) is 8. The fourth-order valence-corrected chi connectivity index (χ4v) is 7.94. The van der Waals surface area contributed by atoms with E-state index in [4.69, 9.17) is 0 Å². The van der Waals surface area contributed by atoms with Crippen molar-refractivity contribution in [2.24, 2.45) is 0 Å². The molecule has 1 atom stereocenters. The molecule has 6 aromatic rings. The van der Waals surface area contributed by atoms with Gasteiger partial charge in [-0.2, -0.15) is 5.10 Å².